The minimum absolute atomic E-state index is 0.229. The first-order chi connectivity index (χ1) is 9.28. The van der Waals surface area contributed by atoms with E-state index < -0.39 is 0 Å². The number of hydrogen-bond acceptors (Lipinski definition) is 4. The third kappa shape index (κ3) is 2.45. The van der Waals surface area contributed by atoms with Crippen molar-refractivity contribution in [3.05, 3.63) is 0 Å². The van der Waals surface area contributed by atoms with Gasteiger partial charge in [0.1, 0.15) is 0 Å². The summed E-state index contributed by atoms with van der Waals surface area (Å²) in [5.41, 5.74) is 6.51. The van der Waals surface area contributed by atoms with E-state index in [2.05, 4.69) is 23.6 Å². The van der Waals surface area contributed by atoms with Gasteiger partial charge < -0.3 is 10.5 Å². The number of nitrogens with zero attached hydrogens (tertiary/aromatic N) is 1. The van der Waals surface area contributed by atoms with Gasteiger partial charge in [0.05, 0.1) is 12.7 Å². The molecule has 3 rings (SSSR count). The number of nitrogens with two attached hydrogens (primary N) is 1. The molecule has 0 aromatic rings. The lowest BCUT2D eigenvalue weighted by molar-refractivity contribution is -0.127. The van der Waals surface area contributed by atoms with Gasteiger partial charge in [-0.15, -0.1) is 0 Å². The van der Waals surface area contributed by atoms with Crippen molar-refractivity contribution in [3.8, 4) is 0 Å². The highest BCUT2D eigenvalue weighted by molar-refractivity contribution is 8.00. The molecule has 2 saturated heterocycles. The highest BCUT2D eigenvalue weighted by Crippen LogP contribution is 2.42. The van der Waals surface area contributed by atoms with Gasteiger partial charge in [0.25, 0.3) is 0 Å². The van der Waals surface area contributed by atoms with E-state index >= 15 is 0 Å². The standard InChI is InChI=1S/C15H28N2OS/c1-12-15(11-16,7-4-10-19-12)17-8-9-18-14-6-3-2-5-13(14)17/h12-14H,2-11,16H2,1H3. The van der Waals surface area contributed by atoms with Crippen LogP contribution in [0.3, 0.4) is 0 Å². The fourth-order valence-electron chi connectivity index (χ4n) is 4.41. The van der Waals surface area contributed by atoms with Gasteiger partial charge >= 0.3 is 0 Å². The first kappa shape index (κ1) is 14.2. The van der Waals surface area contributed by atoms with Crippen molar-refractivity contribution < 1.29 is 4.74 Å². The minimum atomic E-state index is 0.229. The van der Waals surface area contributed by atoms with E-state index in [1.54, 1.807) is 0 Å². The zero-order valence-electron chi connectivity index (χ0n) is 12.1. The van der Waals surface area contributed by atoms with Crippen LogP contribution in [0.4, 0.5) is 0 Å². The van der Waals surface area contributed by atoms with Gasteiger partial charge in [-0.25, -0.2) is 0 Å². The molecule has 4 unspecified atom stereocenters. The molecule has 0 amide bonds. The summed E-state index contributed by atoms with van der Waals surface area (Å²) in [6.07, 6.45) is 8.35. The van der Waals surface area contributed by atoms with Crippen LogP contribution in [0.2, 0.25) is 0 Å². The Kier molecular flexibility index (Phi) is 4.42. The van der Waals surface area contributed by atoms with Crippen LogP contribution < -0.4 is 5.73 Å². The van der Waals surface area contributed by atoms with E-state index in [-0.39, 0.29) is 5.54 Å². The molecular weight excluding hydrogens is 256 g/mol. The van der Waals surface area contributed by atoms with Crippen molar-refractivity contribution in [1.29, 1.82) is 0 Å². The summed E-state index contributed by atoms with van der Waals surface area (Å²) in [6.45, 7) is 5.19. The summed E-state index contributed by atoms with van der Waals surface area (Å²) in [4.78, 5) is 2.77. The van der Waals surface area contributed by atoms with Crippen molar-refractivity contribution in [3.63, 3.8) is 0 Å². The number of rotatable bonds is 2. The van der Waals surface area contributed by atoms with Gasteiger partial charge in [0, 0.05) is 29.9 Å². The molecule has 1 saturated carbocycles. The fraction of sp³-hybridized carbons (Fsp3) is 1.00. The molecule has 0 aromatic heterocycles. The Balaban J connectivity index is 1.84. The molecule has 2 heterocycles. The third-order valence-electron chi connectivity index (χ3n) is 5.54. The molecule has 110 valence electrons. The average molecular weight is 284 g/mol. The Morgan fingerprint density at radius 1 is 1.32 bits per heavy atom. The summed E-state index contributed by atoms with van der Waals surface area (Å²) in [5, 5.41) is 0.659. The van der Waals surface area contributed by atoms with E-state index in [1.165, 1.54) is 44.3 Å². The first-order valence-corrected chi connectivity index (χ1v) is 9.03. The van der Waals surface area contributed by atoms with Crippen molar-refractivity contribution in [1.82, 2.24) is 4.90 Å². The predicted octanol–water partition coefficient (Wildman–Crippen LogP) is 2.24. The predicted molar refractivity (Wildman–Crippen MR) is 81.6 cm³/mol. The van der Waals surface area contributed by atoms with Crippen molar-refractivity contribution in [2.24, 2.45) is 5.73 Å². The molecule has 2 aliphatic heterocycles. The lowest BCUT2D eigenvalue weighted by Gasteiger charge is -2.56. The van der Waals surface area contributed by atoms with Gasteiger partial charge in [0.15, 0.2) is 0 Å². The zero-order chi connectivity index (χ0) is 13.3. The van der Waals surface area contributed by atoms with Crippen LogP contribution in [-0.4, -0.2) is 53.3 Å². The number of morpholine rings is 1. The Morgan fingerprint density at radius 3 is 2.95 bits per heavy atom. The molecule has 0 aromatic carbocycles. The average Bonchev–Trinajstić information content (AvgIpc) is 2.48. The lowest BCUT2D eigenvalue weighted by atomic mass is 9.81. The Hall–Kier alpha value is 0.230. The Bertz CT molecular complexity index is 313. The van der Waals surface area contributed by atoms with Crippen molar-refractivity contribution in [2.75, 3.05) is 25.4 Å². The summed E-state index contributed by atoms with van der Waals surface area (Å²) in [6, 6.07) is 0.632. The van der Waals surface area contributed by atoms with Crippen LogP contribution >= 0.6 is 11.8 Å². The molecule has 1 aliphatic carbocycles. The van der Waals surface area contributed by atoms with Gasteiger partial charge in [-0.2, -0.15) is 11.8 Å². The van der Waals surface area contributed by atoms with Crippen molar-refractivity contribution >= 4 is 11.8 Å². The van der Waals surface area contributed by atoms with Crippen molar-refractivity contribution in [2.45, 2.75) is 68.4 Å². The first-order valence-electron chi connectivity index (χ1n) is 7.98. The summed E-state index contributed by atoms with van der Waals surface area (Å²) in [7, 11) is 0. The van der Waals surface area contributed by atoms with Crippen LogP contribution in [0.15, 0.2) is 0 Å². The van der Waals surface area contributed by atoms with Crippen LogP contribution in [-0.2, 0) is 4.74 Å². The topological polar surface area (TPSA) is 38.5 Å². The maximum atomic E-state index is 6.29. The normalized spacial score (nSPS) is 44.8. The third-order valence-corrected chi connectivity index (χ3v) is 7.00. The Labute approximate surface area is 121 Å². The molecule has 0 spiro atoms. The summed E-state index contributed by atoms with van der Waals surface area (Å²) < 4.78 is 6.04. The largest absolute Gasteiger partial charge is 0.375 e. The molecule has 4 atom stereocenters. The number of ether oxygens (including phenoxy) is 1. The maximum absolute atomic E-state index is 6.29. The second kappa shape index (κ2) is 5.92. The molecule has 2 N–H and O–H groups in total. The van der Waals surface area contributed by atoms with Crippen LogP contribution in [0, 0.1) is 0 Å². The number of hydrogen-bond donors (Lipinski definition) is 1. The van der Waals surface area contributed by atoms with Crippen LogP contribution in [0.25, 0.3) is 0 Å². The SMILES string of the molecule is CC1SCCCC1(CN)N1CCOC2CCCCC21. The fourth-order valence-corrected chi connectivity index (χ4v) is 5.73. The second-order valence-corrected chi connectivity index (χ2v) is 7.83. The zero-order valence-corrected chi connectivity index (χ0v) is 13.0. The Morgan fingerprint density at radius 2 is 2.16 bits per heavy atom. The molecule has 4 heteroatoms. The monoisotopic (exact) mass is 284 g/mol. The minimum Gasteiger partial charge on any atom is -0.375 e. The van der Waals surface area contributed by atoms with Gasteiger partial charge in [-0.05, 0) is 31.4 Å². The van der Waals surface area contributed by atoms with E-state index in [0.717, 1.165) is 19.7 Å². The maximum Gasteiger partial charge on any atom is 0.0731 e. The highest BCUT2D eigenvalue weighted by Gasteiger charge is 2.48. The number of thioether (sulfide) groups is 1. The number of fused-ring (bicyclic) bond motifs is 1. The highest BCUT2D eigenvalue weighted by atomic mass is 32.2. The van der Waals surface area contributed by atoms with Gasteiger partial charge in [-0.3, -0.25) is 4.90 Å². The van der Waals surface area contributed by atoms with E-state index in [4.69, 9.17) is 10.5 Å². The molecule has 19 heavy (non-hydrogen) atoms. The summed E-state index contributed by atoms with van der Waals surface area (Å²) >= 11 is 2.12. The lowest BCUT2D eigenvalue weighted by Crippen LogP contribution is -2.68. The molecule has 3 aliphatic rings. The molecule has 3 nitrogen and oxygen atoms in total. The van der Waals surface area contributed by atoms with Gasteiger partial charge in [0.2, 0.25) is 0 Å². The van der Waals surface area contributed by atoms with E-state index in [9.17, 15) is 0 Å². The van der Waals surface area contributed by atoms with Crippen LogP contribution in [0.1, 0.15) is 45.4 Å². The van der Waals surface area contributed by atoms with E-state index in [0.29, 0.717) is 17.4 Å². The second-order valence-electron chi connectivity index (χ2n) is 6.38. The molecule has 3 fully saturated rings. The van der Waals surface area contributed by atoms with Gasteiger partial charge in [-0.1, -0.05) is 19.8 Å². The quantitative estimate of drug-likeness (QED) is 0.844. The molecular formula is C15H28N2OS. The van der Waals surface area contributed by atoms with Crippen LogP contribution in [0.5, 0.6) is 0 Å². The summed E-state index contributed by atoms with van der Waals surface area (Å²) in [5.74, 6) is 1.31. The molecule has 0 radical (unpaired) electrons. The van der Waals surface area contributed by atoms with E-state index in [1.807, 2.05) is 0 Å². The smallest absolute Gasteiger partial charge is 0.0731 e. The molecule has 0 bridgehead atoms.